The number of rotatable bonds is 4. The summed E-state index contributed by atoms with van der Waals surface area (Å²) >= 11 is 0. The number of hydroxylamine groups is 1. The Hall–Kier alpha value is -0.760. The molecule has 13 heavy (non-hydrogen) atoms. The Morgan fingerprint density at radius 3 is 3.08 bits per heavy atom. The van der Waals surface area contributed by atoms with Crippen LogP contribution in [0, 0.1) is 11.1 Å². The molecule has 0 saturated heterocycles. The van der Waals surface area contributed by atoms with Gasteiger partial charge in [0.05, 0.1) is 0 Å². The summed E-state index contributed by atoms with van der Waals surface area (Å²) in [5.74, 6) is 0.619. The molecule has 2 nitrogen and oxygen atoms in total. The van der Waals surface area contributed by atoms with Gasteiger partial charge in [-0.3, -0.25) is 0 Å². The Morgan fingerprint density at radius 2 is 2.38 bits per heavy atom. The molecule has 1 rings (SSSR count). The van der Waals surface area contributed by atoms with E-state index in [1.54, 1.807) is 6.20 Å². The van der Waals surface area contributed by atoms with E-state index >= 15 is 0 Å². The highest BCUT2D eigenvalue weighted by molar-refractivity contribution is 5.08. The molecule has 0 spiro atoms. The van der Waals surface area contributed by atoms with Gasteiger partial charge in [-0.1, -0.05) is 18.1 Å². The fourth-order valence-corrected chi connectivity index (χ4v) is 2.02. The van der Waals surface area contributed by atoms with Crippen molar-refractivity contribution in [1.29, 1.82) is 0 Å². The first-order chi connectivity index (χ1) is 6.38. The fourth-order valence-electron chi connectivity index (χ4n) is 2.02. The first kappa shape index (κ1) is 10.3. The largest absolute Gasteiger partial charge is 0.761 e. The van der Waals surface area contributed by atoms with Gasteiger partial charge in [0, 0.05) is 0 Å². The second kappa shape index (κ2) is 5.81. The van der Waals surface area contributed by atoms with Crippen LogP contribution >= 0.6 is 0 Å². The minimum atomic E-state index is 0.619. The second-order valence-corrected chi connectivity index (χ2v) is 3.65. The lowest BCUT2D eigenvalue weighted by atomic mass is 9.82. The molecule has 0 aromatic rings. The Labute approximate surface area is 80.3 Å². The van der Waals surface area contributed by atoms with Crippen LogP contribution in [0.25, 0.3) is 0 Å². The lowest BCUT2D eigenvalue weighted by Crippen LogP contribution is -2.12. The predicted octanol–water partition coefficient (Wildman–Crippen LogP) is 3.11. The molecule has 0 aliphatic heterocycles. The number of hydrogen-bond donors (Lipinski definition) is 1. The molecule has 0 radical (unpaired) electrons. The van der Waals surface area contributed by atoms with Gasteiger partial charge in [-0.05, 0) is 44.2 Å². The summed E-state index contributed by atoms with van der Waals surface area (Å²) in [6, 6.07) is 0. The van der Waals surface area contributed by atoms with Crippen LogP contribution in [-0.4, -0.2) is 0 Å². The molecule has 1 unspecified atom stereocenters. The highest BCUT2D eigenvalue weighted by atomic mass is 16.5. The van der Waals surface area contributed by atoms with Gasteiger partial charge in [0.25, 0.3) is 0 Å². The number of nitrogens with one attached hydrogen (secondary N) is 1. The summed E-state index contributed by atoms with van der Waals surface area (Å²) in [6.45, 7) is 3.72. The maximum absolute atomic E-state index is 10.3. The van der Waals surface area contributed by atoms with E-state index in [2.05, 4.69) is 6.58 Å². The monoisotopic (exact) mass is 180 g/mol. The molecule has 0 aromatic heterocycles. The lowest BCUT2D eigenvalue weighted by Gasteiger charge is -2.25. The van der Waals surface area contributed by atoms with E-state index < -0.39 is 0 Å². The van der Waals surface area contributed by atoms with E-state index in [0.717, 1.165) is 19.3 Å². The summed E-state index contributed by atoms with van der Waals surface area (Å²) in [7, 11) is 0. The highest BCUT2D eigenvalue weighted by Crippen LogP contribution is 2.32. The van der Waals surface area contributed by atoms with Crippen molar-refractivity contribution >= 4 is 0 Å². The fraction of sp³-hybridized carbons (Fsp3) is 0.636. The van der Waals surface area contributed by atoms with Crippen molar-refractivity contribution < 1.29 is 0 Å². The molecule has 2 heteroatoms. The minimum absolute atomic E-state index is 0.619. The second-order valence-electron chi connectivity index (χ2n) is 3.65. The molecule has 0 amide bonds. The topological polar surface area (TPSA) is 35.1 Å². The first-order valence-electron chi connectivity index (χ1n) is 5.06. The van der Waals surface area contributed by atoms with Crippen LogP contribution in [0.4, 0.5) is 0 Å². The van der Waals surface area contributed by atoms with Gasteiger partial charge in [0.1, 0.15) is 0 Å². The molecule has 0 bridgehead atoms. The zero-order valence-corrected chi connectivity index (χ0v) is 8.09. The van der Waals surface area contributed by atoms with Crippen LogP contribution in [0.3, 0.4) is 0 Å². The molecule has 1 N–H and O–H groups in total. The zero-order valence-electron chi connectivity index (χ0n) is 8.09. The summed E-state index contributed by atoms with van der Waals surface area (Å²) in [5.41, 5.74) is 3.21. The van der Waals surface area contributed by atoms with Crippen LogP contribution in [0.5, 0.6) is 0 Å². The Kier molecular flexibility index (Phi) is 4.61. The molecule has 1 atom stereocenters. The number of hydrogen-bond acceptors (Lipinski definition) is 2. The average molecular weight is 180 g/mol. The quantitative estimate of drug-likeness (QED) is 0.533. The maximum atomic E-state index is 10.3. The molecule has 1 aliphatic carbocycles. The van der Waals surface area contributed by atoms with Gasteiger partial charge in [0.15, 0.2) is 0 Å². The van der Waals surface area contributed by atoms with E-state index in [1.807, 2.05) is 11.6 Å². The third-order valence-corrected chi connectivity index (χ3v) is 2.76. The Balaban J connectivity index is 2.46. The van der Waals surface area contributed by atoms with Crippen molar-refractivity contribution in [2.45, 2.75) is 38.5 Å². The third-order valence-electron chi connectivity index (χ3n) is 2.76. The molecule has 0 aromatic carbocycles. The van der Waals surface area contributed by atoms with E-state index in [4.69, 9.17) is 0 Å². The molecule has 0 heterocycles. The molecular weight excluding hydrogens is 162 g/mol. The van der Waals surface area contributed by atoms with Crippen LogP contribution in [0.2, 0.25) is 0 Å². The highest BCUT2D eigenvalue weighted by Gasteiger charge is 2.17. The zero-order chi connectivity index (χ0) is 9.52. The van der Waals surface area contributed by atoms with Crippen molar-refractivity contribution in [3.05, 3.63) is 29.6 Å². The van der Waals surface area contributed by atoms with E-state index in [-0.39, 0.29) is 0 Å². The van der Waals surface area contributed by atoms with Gasteiger partial charge in [-0.2, -0.15) is 0 Å². The van der Waals surface area contributed by atoms with Crippen LogP contribution in [0.1, 0.15) is 38.5 Å². The van der Waals surface area contributed by atoms with Gasteiger partial charge in [-0.25, -0.2) is 0 Å². The number of allylic oxidation sites excluding steroid dienone is 2. The smallest absolute Gasteiger partial charge is 0.0149 e. The molecule has 1 aliphatic rings. The summed E-state index contributed by atoms with van der Waals surface area (Å²) < 4.78 is 0. The minimum Gasteiger partial charge on any atom is -0.761 e. The third kappa shape index (κ3) is 3.23. The SMILES string of the molecule is C=CCCC1CCCC/C1=C/N[O-]. The van der Waals surface area contributed by atoms with Crippen LogP contribution in [-0.2, 0) is 0 Å². The van der Waals surface area contributed by atoms with Crippen molar-refractivity contribution in [3.63, 3.8) is 0 Å². The average Bonchev–Trinajstić information content (AvgIpc) is 2.17. The predicted molar refractivity (Wildman–Crippen MR) is 56.0 cm³/mol. The van der Waals surface area contributed by atoms with Gasteiger partial charge < -0.3 is 10.7 Å². The Bertz CT molecular complexity index is 187. The van der Waals surface area contributed by atoms with Crippen molar-refractivity contribution in [2.24, 2.45) is 5.92 Å². The van der Waals surface area contributed by atoms with Gasteiger partial charge in [0.2, 0.25) is 0 Å². The van der Waals surface area contributed by atoms with Crippen LogP contribution in [0.15, 0.2) is 24.4 Å². The normalized spacial score (nSPS) is 25.9. The van der Waals surface area contributed by atoms with Crippen molar-refractivity contribution in [2.75, 3.05) is 0 Å². The lowest BCUT2D eigenvalue weighted by molar-refractivity contribution is 0.429. The van der Waals surface area contributed by atoms with Gasteiger partial charge in [-0.15, -0.1) is 6.58 Å². The standard InChI is InChI=1S/C11H18NO/c1-2-3-6-10-7-4-5-8-11(10)9-12-13/h2,9-10,12H,1,3-8H2/q-1/b11-9-. The van der Waals surface area contributed by atoms with Crippen molar-refractivity contribution in [1.82, 2.24) is 5.48 Å². The van der Waals surface area contributed by atoms with Crippen molar-refractivity contribution in [3.8, 4) is 0 Å². The summed E-state index contributed by atoms with van der Waals surface area (Å²) in [6.07, 6.45) is 10.7. The maximum Gasteiger partial charge on any atom is -0.0149 e. The van der Waals surface area contributed by atoms with E-state index in [1.165, 1.54) is 24.8 Å². The van der Waals surface area contributed by atoms with Crippen LogP contribution < -0.4 is 5.48 Å². The Morgan fingerprint density at radius 1 is 1.54 bits per heavy atom. The summed E-state index contributed by atoms with van der Waals surface area (Å²) in [5, 5.41) is 10.3. The molecule has 1 saturated carbocycles. The van der Waals surface area contributed by atoms with Gasteiger partial charge >= 0.3 is 0 Å². The van der Waals surface area contributed by atoms with E-state index in [0.29, 0.717) is 5.92 Å². The molecule has 74 valence electrons. The molecule has 1 fully saturated rings. The molecular formula is C11H18NO-. The first-order valence-corrected chi connectivity index (χ1v) is 5.06. The van der Waals surface area contributed by atoms with E-state index in [9.17, 15) is 5.21 Å². The summed E-state index contributed by atoms with van der Waals surface area (Å²) in [4.78, 5) is 0.